The summed E-state index contributed by atoms with van der Waals surface area (Å²) < 4.78 is 1.83. The molecule has 3 aromatic rings. The normalized spacial score (nSPS) is 11.2. The molecule has 1 aromatic heterocycles. The molecule has 0 bridgehead atoms. The third-order valence-electron chi connectivity index (χ3n) is 4.67. The zero-order chi connectivity index (χ0) is 20.8. The molecule has 146 valence electrons. The van der Waals surface area contributed by atoms with Gasteiger partial charge in [-0.15, -0.1) is 0 Å². The number of nitrogens with one attached hydrogen (secondary N) is 1. The summed E-state index contributed by atoms with van der Waals surface area (Å²) in [6.45, 7) is 4.66. The fraction of sp³-hybridized carbons (Fsp3) is 0.174. The smallest absolute Gasteiger partial charge is 0.262 e. The van der Waals surface area contributed by atoms with Crippen LogP contribution in [0.2, 0.25) is 5.02 Å². The Hall–Kier alpha value is -3.36. The van der Waals surface area contributed by atoms with Crippen LogP contribution in [0.25, 0.3) is 6.08 Å². The second-order valence-corrected chi connectivity index (χ2v) is 7.08. The Kier molecular flexibility index (Phi) is 6.48. The number of hydrogen-bond donors (Lipinski definition) is 1. The highest BCUT2D eigenvalue weighted by molar-refractivity contribution is 6.31. The largest absolute Gasteiger partial charge is 0.347 e. The minimum absolute atomic E-state index is 0.0458. The van der Waals surface area contributed by atoms with Gasteiger partial charge in [-0.05, 0) is 37.1 Å². The molecule has 0 aliphatic carbocycles. The summed E-state index contributed by atoms with van der Waals surface area (Å²) in [5.74, 6) is -0.408. The number of rotatable bonds is 6. The van der Waals surface area contributed by atoms with Crippen molar-refractivity contribution in [2.75, 3.05) is 0 Å². The standard InChI is InChI=1S/C23H21ClN4O/c1-16-21(17(2)28(27-16)15-19-10-6-7-11-22(19)24)12-20(13-25)23(29)26-14-18-8-4-3-5-9-18/h3-12H,14-15H2,1-2H3,(H,26,29). The highest BCUT2D eigenvalue weighted by Crippen LogP contribution is 2.21. The van der Waals surface area contributed by atoms with Crippen molar-refractivity contribution in [3.63, 3.8) is 0 Å². The molecule has 1 heterocycles. The van der Waals surface area contributed by atoms with Gasteiger partial charge in [0.05, 0.1) is 12.2 Å². The Morgan fingerprint density at radius 2 is 1.86 bits per heavy atom. The number of hydrogen-bond acceptors (Lipinski definition) is 3. The molecule has 5 nitrogen and oxygen atoms in total. The minimum atomic E-state index is -0.408. The van der Waals surface area contributed by atoms with Crippen LogP contribution >= 0.6 is 11.6 Å². The molecule has 0 saturated carbocycles. The quantitative estimate of drug-likeness (QED) is 0.488. The predicted molar refractivity (Wildman–Crippen MR) is 114 cm³/mol. The number of carbonyl (C=O) groups is 1. The number of aromatic nitrogens is 2. The fourth-order valence-electron chi connectivity index (χ4n) is 3.03. The number of nitrogens with zero attached hydrogens (tertiary/aromatic N) is 3. The van der Waals surface area contributed by atoms with Crippen LogP contribution in [-0.2, 0) is 17.9 Å². The molecule has 1 amide bonds. The molecule has 0 unspecified atom stereocenters. The Morgan fingerprint density at radius 3 is 2.55 bits per heavy atom. The first-order valence-corrected chi connectivity index (χ1v) is 9.58. The molecule has 6 heteroatoms. The van der Waals surface area contributed by atoms with E-state index in [0.717, 1.165) is 28.1 Å². The average molecular weight is 405 g/mol. The molecule has 0 saturated heterocycles. The van der Waals surface area contributed by atoms with Gasteiger partial charge in [0.15, 0.2) is 0 Å². The number of carbonyl (C=O) groups excluding carboxylic acids is 1. The molecule has 29 heavy (non-hydrogen) atoms. The van der Waals surface area contributed by atoms with E-state index >= 15 is 0 Å². The van der Waals surface area contributed by atoms with Gasteiger partial charge in [-0.1, -0.05) is 60.1 Å². The van der Waals surface area contributed by atoms with Gasteiger partial charge in [-0.3, -0.25) is 9.48 Å². The van der Waals surface area contributed by atoms with E-state index in [1.165, 1.54) is 0 Å². The maximum absolute atomic E-state index is 12.5. The summed E-state index contributed by atoms with van der Waals surface area (Å²) in [5.41, 5.74) is 4.35. The molecule has 0 radical (unpaired) electrons. The Balaban J connectivity index is 1.80. The van der Waals surface area contributed by atoms with Crippen LogP contribution in [-0.4, -0.2) is 15.7 Å². The van der Waals surface area contributed by atoms with Crippen molar-refractivity contribution in [1.82, 2.24) is 15.1 Å². The van der Waals surface area contributed by atoms with E-state index in [2.05, 4.69) is 10.4 Å². The van der Waals surface area contributed by atoms with Crippen molar-refractivity contribution in [2.24, 2.45) is 0 Å². The molecule has 3 rings (SSSR count). The molecule has 0 fully saturated rings. The van der Waals surface area contributed by atoms with Gasteiger partial charge >= 0.3 is 0 Å². The monoisotopic (exact) mass is 404 g/mol. The van der Waals surface area contributed by atoms with Gasteiger partial charge in [0.25, 0.3) is 5.91 Å². The summed E-state index contributed by atoms with van der Waals surface area (Å²) in [4.78, 5) is 12.5. The molecule has 1 N–H and O–H groups in total. The molecular weight excluding hydrogens is 384 g/mol. The van der Waals surface area contributed by atoms with Gasteiger partial charge in [0, 0.05) is 22.8 Å². The first-order chi connectivity index (χ1) is 14.0. The third-order valence-corrected chi connectivity index (χ3v) is 5.03. The van der Waals surface area contributed by atoms with Crippen LogP contribution in [0.1, 0.15) is 28.1 Å². The second kappa shape index (κ2) is 9.22. The molecular formula is C23H21ClN4O. The van der Waals surface area contributed by atoms with E-state index in [1.54, 1.807) is 6.08 Å². The number of aryl methyl sites for hydroxylation is 1. The maximum Gasteiger partial charge on any atom is 0.262 e. The van der Waals surface area contributed by atoms with Crippen LogP contribution in [0.4, 0.5) is 0 Å². The van der Waals surface area contributed by atoms with E-state index in [-0.39, 0.29) is 5.57 Å². The van der Waals surface area contributed by atoms with Crippen LogP contribution < -0.4 is 5.32 Å². The highest BCUT2D eigenvalue weighted by atomic mass is 35.5. The average Bonchev–Trinajstić information content (AvgIpc) is 2.99. The molecule has 0 aliphatic rings. The highest BCUT2D eigenvalue weighted by Gasteiger charge is 2.15. The molecule has 0 aliphatic heterocycles. The molecule has 0 spiro atoms. The van der Waals surface area contributed by atoms with Crippen molar-refractivity contribution < 1.29 is 4.79 Å². The topological polar surface area (TPSA) is 70.7 Å². The van der Waals surface area contributed by atoms with E-state index in [1.807, 2.05) is 79.2 Å². The van der Waals surface area contributed by atoms with Gasteiger partial charge < -0.3 is 5.32 Å². The second-order valence-electron chi connectivity index (χ2n) is 6.67. The van der Waals surface area contributed by atoms with Crippen molar-refractivity contribution in [3.8, 4) is 6.07 Å². The number of benzene rings is 2. The summed E-state index contributed by atoms with van der Waals surface area (Å²) in [7, 11) is 0. The Bertz CT molecular complexity index is 1090. The first kappa shape index (κ1) is 20.4. The summed E-state index contributed by atoms with van der Waals surface area (Å²) in [5, 5.41) is 17.5. The number of amides is 1. The van der Waals surface area contributed by atoms with Crippen LogP contribution in [0.3, 0.4) is 0 Å². The van der Waals surface area contributed by atoms with Crippen molar-refractivity contribution in [3.05, 3.63) is 93.3 Å². The van der Waals surface area contributed by atoms with Crippen LogP contribution in [0, 0.1) is 25.2 Å². The lowest BCUT2D eigenvalue weighted by atomic mass is 10.1. The number of nitriles is 1. The van der Waals surface area contributed by atoms with Crippen molar-refractivity contribution in [1.29, 1.82) is 5.26 Å². The lowest BCUT2D eigenvalue weighted by molar-refractivity contribution is -0.117. The fourth-order valence-corrected chi connectivity index (χ4v) is 3.22. The summed E-state index contributed by atoms with van der Waals surface area (Å²) >= 11 is 6.26. The molecule has 2 aromatic carbocycles. The summed E-state index contributed by atoms with van der Waals surface area (Å²) in [6.07, 6.45) is 1.60. The first-order valence-electron chi connectivity index (χ1n) is 9.21. The SMILES string of the molecule is Cc1nn(Cc2ccccc2Cl)c(C)c1C=C(C#N)C(=O)NCc1ccccc1. The minimum Gasteiger partial charge on any atom is -0.347 e. The lowest BCUT2D eigenvalue weighted by Crippen LogP contribution is -2.23. The predicted octanol–water partition coefficient (Wildman–Crippen LogP) is 4.43. The summed E-state index contributed by atoms with van der Waals surface area (Å²) in [6, 6.07) is 19.2. The van der Waals surface area contributed by atoms with E-state index in [9.17, 15) is 10.1 Å². The van der Waals surface area contributed by atoms with Crippen molar-refractivity contribution in [2.45, 2.75) is 26.9 Å². The van der Waals surface area contributed by atoms with Crippen molar-refractivity contribution >= 4 is 23.6 Å². The van der Waals surface area contributed by atoms with E-state index in [0.29, 0.717) is 18.1 Å². The van der Waals surface area contributed by atoms with Gasteiger partial charge in [-0.25, -0.2) is 0 Å². The lowest BCUT2D eigenvalue weighted by Gasteiger charge is -2.07. The Morgan fingerprint density at radius 1 is 1.17 bits per heavy atom. The van der Waals surface area contributed by atoms with Crippen LogP contribution in [0.5, 0.6) is 0 Å². The zero-order valence-corrected chi connectivity index (χ0v) is 17.1. The van der Waals surface area contributed by atoms with Gasteiger partial charge in [0.1, 0.15) is 11.6 Å². The Labute approximate surface area is 175 Å². The molecule has 0 atom stereocenters. The zero-order valence-electron chi connectivity index (χ0n) is 16.3. The van der Waals surface area contributed by atoms with Gasteiger partial charge in [0.2, 0.25) is 0 Å². The van der Waals surface area contributed by atoms with E-state index in [4.69, 9.17) is 11.6 Å². The maximum atomic E-state index is 12.5. The number of halogens is 1. The van der Waals surface area contributed by atoms with Crippen LogP contribution in [0.15, 0.2) is 60.2 Å². The van der Waals surface area contributed by atoms with E-state index < -0.39 is 5.91 Å². The van der Waals surface area contributed by atoms with Gasteiger partial charge in [-0.2, -0.15) is 10.4 Å². The third kappa shape index (κ3) is 4.92.